The van der Waals surface area contributed by atoms with Crippen LogP contribution in [0.2, 0.25) is 5.02 Å². The number of rotatable bonds is 8. The van der Waals surface area contributed by atoms with Gasteiger partial charge in [0.15, 0.2) is 12.4 Å². The molecule has 158 valence electrons. The lowest BCUT2D eigenvalue weighted by molar-refractivity contribution is -0.156. The summed E-state index contributed by atoms with van der Waals surface area (Å²) in [5.74, 6) is -1.18. The minimum atomic E-state index is -0.500. The molecule has 30 heavy (non-hydrogen) atoms. The molecular formula is C24H26ClNO4. The number of carbonyl (C=O) groups is 3. The monoisotopic (exact) mass is 427 g/mol. The molecule has 2 unspecified atom stereocenters. The number of hydrogen-bond donors (Lipinski definition) is 0. The Morgan fingerprint density at radius 2 is 1.80 bits per heavy atom. The summed E-state index contributed by atoms with van der Waals surface area (Å²) in [6, 6.07) is 15.7. The highest BCUT2D eigenvalue weighted by Gasteiger charge is 2.41. The second kappa shape index (κ2) is 10.4. The molecule has 1 heterocycles. The third-order valence-corrected chi connectivity index (χ3v) is 5.67. The maximum atomic E-state index is 13.0. The van der Waals surface area contributed by atoms with Crippen LogP contribution in [0.3, 0.4) is 0 Å². The lowest BCUT2D eigenvalue weighted by Gasteiger charge is -2.40. The third-order valence-electron chi connectivity index (χ3n) is 5.41. The Kier molecular flexibility index (Phi) is 7.63. The molecule has 0 aromatic heterocycles. The minimum absolute atomic E-state index is 0.0543. The number of esters is 1. The molecule has 2 aromatic rings. The molecule has 0 spiro atoms. The van der Waals surface area contributed by atoms with Crippen LogP contribution in [-0.2, 0) is 14.3 Å². The Hall–Kier alpha value is -2.66. The molecule has 0 bridgehead atoms. The summed E-state index contributed by atoms with van der Waals surface area (Å²) in [5, 5.41) is 0.535. The van der Waals surface area contributed by atoms with E-state index in [1.54, 1.807) is 29.2 Å². The number of hydrogen-bond acceptors (Lipinski definition) is 4. The second-order valence-corrected chi connectivity index (χ2v) is 7.92. The summed E-state index contributed by atoms with van der Waals surface area (Å²) in [6.07, 6.45) is 2.54. The Balaban J connectivity index is 1.75. The molecule has 3 rings (SSSR count). The van der Waals surface area contributed by atoms with Crippen molar-refractivity contribution in [2.45, 2.75) is 38.6 Å². The van der Waals surface area contributed by atoms with Gasteiger partial charge >= 0.3 is 5.97 Å². The van der Waals surface area contributed by atoms with Crippen molar-refractivity contribution in [3.05, 3.63) is 70.7 Å². The van der Waals surface area contributed by atoms with Crippen molar-refractivity contribution in [1.82, 2.24) is 4.90 Å². The lowest BCUT2D eigenvalue weighted by Crippen LogP contribution is -2.46. The van der Waals surface area contributed by atoms with Crippen LogP contribution in [-0.4, -0.2) is 35.7 Å². The highest BCUT2D eigenvalue weighted by Crippen LogP contribution is 2.37. The van der Waals surface area contributed by atoms with Gasteiger partial charge in [0.25, 0.3) is 0 Å². The van der Waals surface area contributed by atoms with E-state index in [9.17, 15) is 14.4 Å². The van der Waals surface area contributed by atoms with Crippen molar-refractivity contribution >= 4 is 29.3 Å². The molecule has 0 saturated carbocycles. The first-order valence-corrected chi connectivity index (χ1v) is 10.7. The zero-order chi connectivity index (χ0) is 21.5. The SMILES string of the molecule is CCCCN1C(=O)CCC(C(=O)OCC(=O)c2ccc(Cl)cc2)C1c1ccccc1. The second-order valence-electron chi connectivity index (χ2n) is 7.48. The largest absolute Gasteiger partial charge is 0.457 e. The first kappa shape index (κ1) is 22.0. The number of nitrogens with zero attached hydrogens (tertiary/aromatic N) is 1. The number of carbonyl (C=O) groups excluding carboxylic acids is 3. The van der Waals surface area contributed by atoms with Gasteiger partial charge in [0.2, 0.25) is 5.91 Å². The number of unbranched alkanes of at least 4 members (excludes halogenated alkanes) is 1. The summed E-state index contributed by atoms with van der Waals surface area (Å²) < 4.78 is 5.41. The molecule has 1 amide bonds. The fraction of sp³-hybridized carbons (Fsp3) is 0.375. The van der Waals surface area contributed by atoms with Crippen LogP contribution in [0.25, 0.3) is 0 Å². The average molecular weight is 428 g/mol. The minimum Gasteiger partial charge on any atom is -0.457 e. The van der Waals surface area contributed by atoms with E-state index in [1.165, 1.54) is 0 Å². The van der Waals surface area contributed by atoms with Gasteiger partial charge in [0, 0.05) is 23.6 Å². The number of ketones is 1. The van der Waals surface area contributed by atoms with Gasteiger partial charge in [-0.2, -0.15) is 0 Å². The summed E-state index contributed by atoms with van der Waals surface area (Å²) >= 11 is 5.85. The molecule has 1 fully saturated rings. The number of likely N-dealkylation sites (tertiary alicyclic amines) is 1. The Bertz CT molecular complexity index is 882. The van der Waals surface area contributed by atoms with E-state index in [0.717, 1.165) is 18.4 Å². The van der Waals surface area contributed by atoms with Crippen LogP contribution >= 0.6 is 11.6 Å². The predicted molar refractivity (Wildman–Crippen MR) is 115 cm³/mol. The van der Waals surface area contributed by atoms with Crippen molar-refractivity contribution in [1.29, 1.82) is 0 Å². The molecule has 1 aliphatic rings. The molecule has 0 N–H and O–H groups in total. The third kappa shape index (κ3) is 5.28. The normalized spacial score (nSPS) is 18.9. The van der Waals surface area contributed by atoms with Crippen LogP contribution in [0.5, 0.6) is 0 Å². The first-order chi connectivity index (χ1) is 14.5. The Morgan fingerprint density at radius 3 is 2.47 bits per heavy atom. The van der Waals surface area contributed by atoms with E-state index in [4.69, 9.17) is 16.3 Å². The van der Waals surface area contributed by atoms with Gasteiger partial charge in [-0.1, -0.05) is 55.3 Å². The number of Topliss-reactive ketones (excluding diaryl/α,β-unsaturated/α-hetero) is 1. The number of piperidine rings is 1. The highest BCUT2D eigenvalue weighted by molar-refractivity contribution is 6.30. The average Bonchev–Trinajstić information content (AvgIpc) is 2.77. The Morgan fingerprint density at radius 1 is 1.10 bits per heavy atom. The lowest BCUT2D eigenvalue weighted by atomic mass is 9.84. The summed E-state index contributed by atoms with van der Waals surface area (Å²) in [4.78, 5) is 39.8. The van der Waals surface area contributed by atoms with Gasteiger partial charge in [-0.25, -0.2) is 0 Å². The van der Waals surface area contributed by atoms with Gasteiger partial charge in [0.1, 0.15) is 0 Å². The maximum Gasteiger partial charge on any atom is 0.311 e. The topological polar surface area (TPSA) is 63.7 Å². The standard InChI is InChI=1S/C24H26ClNO4/c1-2-3-15-26-22(28)14-13-20(23(26)18-7-5-4-6-8-18)24(29)30-16-21(27)17-9-11-19(25)12-10-17/h4-12,20,23H,2-3,13-16H2,1H3. The van der Waals surface area contributed by atoms with Crippen LogP contribution < -0.4 is 0 Å². The summed E-state index contributed by atoms with van der Waals surface area (Å²) in [6.45, 7) is 2.34. The van der Waals surface area contributed by atoms with E-state index in [0.29, 0.717) is 30.0 Å². The smallest absolute Gasteiger partial charge is 0.311 e. The summed E-state index contributed by atoms with van der Waals surface area (Å²) in [7, 11) is 0. The fourth-order valence-electron chi connectivity index (χ4n) is 3.82. The van der Waals surface area contributed by atoms with Crippen molar-refractivity contribution in [3.63, 3.8) is 0 Å². The van der Waals surface area contributed by atoms with Crippen LogP contribution in [0.15, 0.2) is 54.6 Å². The van der Waals surface area contributed by atoms with Gasteiger partial charge in [-0.05, 0) is 42.7 Å². The number of amides is 1. The van der Waals surface area contributed by atoms with Crippen molar-refractivity contribution in [3.8, 4) is 0 Å². The van der Waals surface area contributed by atoms with Crippen LogP contribution in [0.1, 0.15) is 54.6 Å². The first-order valence-electron chi connectivity index (χ1n) is 10.3. The van der Waals surface area contributed by atoms with E-state index >= 15 is 0 Å². The zero-order valence-electron chi connectivity index (χ0n) is 17.1. The molecule has 2 aromatic carbocycles. The fourth-order valence-corrected chi connectivity index (χ4v) is 3.94. The zero-order valence-corrected chi connectivity index (χ0v) is 17.8. The number of halogens is 1. The van der Waals surface area contributed by atoms with Crippen molar-refractivity contribution in [2.24, 2.45) is 5.92 Å². The molecule has 6 heteroatoms. The maximum absolute atomic E-state index is 13.0. The quantitative estimate of drug-likeness (QED) is 0.446. The van der Waals surface area contributed by atoms with E-state index < -0.39 is 11.9 Å². The predicted octanol–water partition coefficient (Wildman–Crippen LogP) is 4.85. The van der Waals surface area contributed by atoms with Crippen molar-refractivity contribution < 1.29 is 19.1 Å². The molecule has 5 nitrogen and oxygen atoms in total. The van der Waals surface area contributed by atoms with Crippen LogP contribution in [0, 0.1) is 5.92 Å². The summed E-state index contributed by atoms with van der Waals surface area (Å²) in [5.41, 5.74) is 1.35. The van der Waals surface area contributed by atoms with Gasteiger partial charge < -0.3 is 9.64 Å². The molecule has 1 aliphatic heterocycles. The van der Waals surface area contributed by atoms with E-state index in [-0.39, 0.29) is 24.3 Å². The molecular weight excluding hydrogens is 402 g/mol. The molecule has 2 atom stereocenters. The van der Waals surface area contributed by atoms with Gasteiger partial charge in [-0.15, -0.1) is 0 Å². The number of ether oxygens (including phenoxy) is 1. The van der Waals surface area contributed by atoms with Crippen LogP contribution in [0.4, 0.5) is 0 Å². The Labute approximate surface area is 182 Å². The molecule has 0 aliphatic carbocycles. The van der Waals surface area contributed by atoms with E-state index in [2.05, 4.69) is 6.92 Å². The van der Waals surface area contributed by atoms with Gasteiger partial charge in [-0.3, -0.25) is 14.4 Å². The molecule has 0 radical (unpaired) electrons. The molecule has 1 saturated heterocycles. The number of benzene rings is 2. The van der Waals surface area contributed by atoms with Gasteiger partial charge in [0.05, 0.1) is 12.0 Å². The van der Waals surface area contributed by atoms with Crippen molar-refractivity contribution in [2.75, 3.05) is 13.2 Å². The van der Waals surface area contributed by atoms with E-state index in [1.807, 2.05) is 30.3 Å². The highest BCUT2D eigenvalue weighted by atomic mass is 35.5.